The van der Waals surface area contributed by atoms with Crippen LogP contribution in [0.25, 0.3) is 0 Å². The second kappa shape index (κ2) is 5.95. The van der Waals surface area contributed by atoms with Crippen LogP contribution in [-0.2, 0) is 16.2 Å². The van der Waals surface area contributed by atoms with E-state index >= 15 is 0 Å². The fourth-order valence-electron chi connectivity index (χ4n) is 1.67. The highest BCUT2D eigenvalue weighted by atomic mass is 32.2. The van der Waals surface area contributed by atoms with Gasteiger partial charge in [0, 0.05) is 12.4 Å². The molecule has 0 fully saturated rings. The Labute approximate surface area is 129 Å². The zero-order chi connectivity index (χ0) is 17.3. The number of hydrogen-bond acceptors (Lipinski definition) is 5. The fourth-order valence-corrected chi connectivity index (χ4v) is 2.81. The Balaban J connectivity index is 2.24. The van der Waals surface area contributed by atoms with Crippen molar-refractivity contribution in [1.29, 1.82) is 0 Å². The van der Waals surface area contributed by atoms with Gasteiger partial charge in [-0.2, -0.15) is 21.6 Å². The number of carbonyl (C=O) groups is 1. The zero-order valence-corrected chi connectivity index (χ0v) is 12.4. The summed E-state index contributed by atoms with van der Waals surface area (Å²) in [7, 11) is -4.25. The Morgan fingerprint density at radius 1 is 1.17 bits per heavy atom. The molecule has 2 aromatic heterocycles. The lowest BCUT2D eigenvalue weighted by atomic mass is 10.2. The van der Waals surface area contributed by atoms with Gasteiger partial charge in [0.15, 0.2) is 5.03 Å². The van der Waals surface area contributed by atoms with E-state index < -0.39 is 33.4 Å². The second-order valence-corrected chi connectivity index (χ2v) is 6.09. The Morgan fingerprint density at radius 3 is 2.39 bits per heavy atom. The van der Waals surface area contributed by atoms with Crippen molar-refractivity contribution >= 4 is 15.9 Å². The highest BCUT2D eigenvalue weighted by molar-refractivity contribution is 7.90. The third-order valence-electron chi connectivity index (χ3n) is 2.77. The predicted molar refractivity (Wildman–Crippen MR) is 72.9 cm³/mol. The van der Waals surface area contributed by atoms with Crippen LogP contribution in [0, 0.1) is 6.92 Å². The van der Waals surface area contributed by atoms with Crippen LogP contribution in [0.5, 0.6) is 0 Å². The summed E-state index contributed by atoms with van der Waals surface area (Å²) in [4.78, 5) is 18.8. The zero-order valence-electron chi connectivity index (χ0n) is 11.6. The van der Waals surface area contributed by atoms with E-state index in [4.69, 9.17) is 0 Å². The smallest absolute Gasteiger partial charge is 0.266 e. The van der Waals surface area contributed by atoms with E-state index in [2.05, 4.69) is 9.97 Å². The number of nitrogens with one attached hydrogen (secondary N) is 1. The molecule has 23 heavy (non-hydrogen) atoms. The van der Waals surface area contributed by atoms with E-state index in [1.807, 2.05) is 0 Å². The number of pyridine rings is 2. The molecule has 6 nitrogen and oxygen atoms in total. The van der Waals surface area contributed by atoms with Gasteiger partial charge in [0.1, 0.15) is 5.69 Å². The lowest BCUT2D eigenvalue weighted by Crippen LogP contribution is -2.32. The van der Waals surface area contributed by atoms with Crippen molar-refractivity contribution < 1.29 is 26.4 Å². The van der Waals surface area contributed by atoms with Crippen LogP contribution in [0.2, 0.25) is 0 Å². The molecule has 1 amide bonds. The summed E-state index contributed by atoms with van der Waals surface area (Å²) in [5.41, 5.74) is -1.19. The molecule has 10 heteroatoms. The molecular weight excluding hydrogens is 335 g/mol. The van der Waals surface area contributed by atoms with Gasteiger partial charge in [-0.25, -0.2) is 9.71 Å². The minimum atomic E-state index is -4.60. The quantitative estimate of drug-likeness (QED) is 0.918. The number of carbonyl (C=O) groups excluding carboxylic acids is 1. The van der Waals surface area contributed by atoms with Gasteiger partial charge in [-0.3, -0.25) is 9.78 Å². The van der Waals surface area contributed by atoms with Crippen LogP contribution in [0.3, 0.4) is 0 Å². The maximum atomic E-state index is 12.4. The van der Waals surface area contributed by atoms with E-state index in [0.717, 1.165) is 6.07 Å². The molecule has 2 aromatic rings. The Hall–Kier alpha value is -2.49. The molecule has 0 atom stereocenters. The number of aromatic nitrogens is 2. The van der Waals surface area contributed by atoms with Gasteiger partial charge < -0.3 is 0 Å². The van der Waals surface area contributed by atoms with Crippen molar-refractivity contribution in [3.63, 3.8) is 0 Å². The maximum absolute atomic E-state index is 12.4. The van der Waals surface area contributed by atoms with Crippen LogP contribution in [0.15, 0.2) is 41.7 Å². The first kappa shape index (κ1) is 16.9. The van der Waals surface area contributed by atoms with Gasteiger partial charge >= 0.3 is 6.18 Å². The topological polar surface area (TPSA) is 89.0 Å². The number of hydrogen-bond donors (Lipinski definition) is 1. The molecule has 0 radical (unpaired) electrons. The Morgan fingerprint density at radius 2 is 1.87 bits per heavy atom. The molecular formula is C13H10F3N3O3S. The first-order chi connectivity index (χ1) is 10.6. The molecule has 1 N–H and O–H groups in total. The Kier molecular flexibility index (Phi) is 4.37. The van der Waals surface area contributed by atoms with Crippen molar-refractivity contribution in [2.24, 2.45) is 0 Å². The fraction of sp³-hybridized carbons (Fsp3) is 0.154. The number of aryl methyl sites for hydroxylation is 1. The minimum Gasteiger partial charge on any atom is -0.266 e. The summed E-state index contributed by atoms with van der Waals surface area (Å²) in [5, 5.41) is -0.347. The third-order valence-corrected chi connectivity index (χ3v) is 4.16. The van der Waals surface area contributed by atoms with Gasteiger partial charge in [-0.1, -0.05) is 6.07 Å². The van der Waals surface area contributed by atoms with Crippen molar-refractivity contribution in [2.75, 3.05) is 0 Å². The second-order valence-electron chi connectivity index (χ2n) is 4.49. The molecule has 0 aliphatic rings. The van der Waals surface area contributed by atoms with Crippen molar-refractivity contribution in [2.45, 2.75) is 18.1 Å². The summed E-state index contributed by atoms with van der Waals surface area (Å²) in [6.45, 7) is 1.49. The van der Waals surface area contributed by atoms with Crippen LogP contribution >= 0.6 is 0 Å². The van der Waals surface area contributed by atoms with E-state index in [1.54, 1.807) is 4.72 Å². The predicted octanol–water partition coefficient (Wildman–Crippen LogP) is 1.92. The molecule has 122 valence electrons. The summed E-state index contributed by atoms with van der Waals surface area (Å²) in [5.74, 6) is -1.15. The third kappa shape index (κ3) is 3.83. The molecule has 2 heterocycles. The molecule has 0 bridgehead atoms. The van der Waals surface area contributed by atoms with Gasteiger partial charge in [-0.05, 0) is 30.7 Å². The summed E-state index contributed by atoms with van der Waals surface area (Å²) in [6, 6.07) is 4.44. The number of nitrogens with zero attached hydrogens (tertiary/aromatic N) is 2. The van der Waals surface area contributed by atoms with Crippen molar-refractivity contribution in [1.82, 2.24) is 14.7 Å². The van der Waals surface area contributed by atoms with Crippen LogP contribution in [-0.4, -0.2) is 24.3 Å². The molecule has 0 spiro atoms. The standard InChI is InChI=1S/C13H10F3N3O3S/c1-8-3-2-6-17-12(8)23(21,22)19-11(20)10-5-4-9(7-18-10)13(14,15)16/h2-7H,1H3,(H,19,20). The molecule has 0 saturated heterocycles. The van der Waals surface area contributed by atoms with Gasteiger partial charge in [0.05, 0.1) is 5.56 Å². The largest absolute Gasteiger partial charge is 0.417 e. The SMILES string of the molecule is Cc1cccnc1S(=O)(=O)NC(=O)c1ccc(C(F)(F)F)cn1. The minimum absolute atomic E-state index is 0.313. The molecule has 2 rings (SSSR count). The molecule has 0 aromatic carbocycles. The monoisotopic (exact) mass is 345 g/mol. The average molecular weight is 345 g/mol. The van der Waals surface area contributed by atoms with Crippen molar-refractivity contribution in [3.05, 3.63) is 53.5 Å². The van der Waals surface area contributed by atoms with E-state index in [-0.39, 0.29) is 5.03 Å². The number of sulfonamides is 1. The van der Waals surface area contributed by atoms with Crippen LogP contribution in [0.4, 0.5) is 13.2 Å². The average Bonchev–Trinajstić information content (AvgIpc) is 2.46. The highest BCUT2D eigenvalue weighted by Crippen LogP contribution is 2.28. The lowest BCUT2D eigenvalue weighted by molar-refractivity contribution is -0.137. The molecule has 0 unspecified atom stereocenters. The van der Waals surface area contributed by atoms with Crippen LogP contribution in [0.1, 0.15) is 21.6 Å². The number of amides is 1. The van der Waals surface area contributed by atoms with E-state index in [1.165, 1.54) is 25.3 Å². The number of alkyl halides is 3. The first-order valence-electron chi connectivity index (χ1n) is 6.13. The van der Waals surface area contributed by atoms with Gasteiger partial charge in [0.2, 0.25) is 0 Å². The summed E-state index contributed by atoms with van der Waals surface area (Å²) >= 11 is 0. The van der Waals surface area contributed by atoms with E-state index in [9.17, 15) is 26.4 Å². The van der Waals surface area contributed by atoms with Crippen LogP contribution < -0.4 is 4.72 Å². The Bertz CT molecular complexity index is 834. The molecule has 0 saturated carbocycles. The summed E-state index contributed by atoms with van der Waals surface area (Å²) in [6.07, 6.45) is -2.91. The van der Waals surface area contributed by atoms with Gasteiger partial charge in [0.25, 0.3) is 15.9 Å². The molecule has 0 aliphatic carbocycles. The summed E-state index contributed by atoms with van der Waals surface area (Å²) < 4.78 is 63.1. The number of halogens is 3. The van der Waals surface area contributed by atoms with Crippen molar-refractivity contribution in [3.8, 4) is 0 Å². The molecule has 0 aliphatic heterocycles. The lowest BCUT2D eigenvalue weighted by Gasteiger charge is -2.09. The normalized spacial score (nSPS) is 12.0. The highest BCUT2D eigenvalue weighted by Gasteiger charge is 2.31. The number of rotatable bonds is 3. The van der Waals surface area contributed by atoms with E-state index in [0.29, 0.717) is 17.8 Å². The maximum Gasteiger partial charge on any atom is 0.417 e. The van der Waals surface area contributed by atoms with Gasteiger partial charge in [-0.15, -0.1) is 0 Å². The first-order valence-corrected chi connectivity index (χ1v) is 7.61.